The second-order valence-electron chi connectivity index (χ2n) is 3.93. The first-order valence-electron chi connectivity index (χ1n) is 5.69. The summed E-state index contributed by atoms with van der Waals surface area (Å²) in [6, 6.07) is 6.08. The molecule has 0 saturated carbocycles. The molecular weight excluding hydrogens is 273 g/mol. The molecule has 1 heterocycles. The molecule has 0 spiro atoms. The Morgan fingerprint density at radius 2 is 2.18 bits per heavy atom. The minimum atomic E-state index is 0.670. The molecule has 1 nitrogen and oxygen atoms in total. The summed E-state index contributed by atoms with van der Waals surface area (Å²) in [6.07, 6.45) is 0. The van der Waals surface area contributed by atoms with Gasteiger partial charge in [0.1, 0.15) is 0 Å². The molecule has 17 heavy (non-hydrogen) atoms. The molecule has 4 heteroatoms. The first kappa shape index (κ1) is 13.2. The molecular formula is C13H15Cl2NS. The predicted molar refractivity (Wildman–Crippen MR) is 78.5 cm³/mol. The molecule has 0 atom stereocenters. The van der Waals surface area contributed by atoms with Crippen molar-refractivity contribution in [1.29, 1.82) is 0 Å². The number of benzene rings is 1. The van der Waals surface area contributed by atoms with E-state index in [4.69, 9.17) is 23.2 Å². The van der Waals surface area contributed by atoms with Crippen LogP contribution in [-0.4, -0.2) is 23.9 Å². The van der Waals surface area contributed by atoms with Gasteiger partial charge in [-0.05, 0) is 29.6 Å². The number of thiophene rings is 1. The van der Waals surface area contributed by atoms with Gasteiger partial charge in [-0.15, -0.1) is 22.9 Å². The van der Waals surface area contributed by atoms with E-state index in [1.807, 2.05) is 12.1 Å². The van der Waals surface area contributed by atoms with E-state index in [2.05, 4.69) is 23.3 Å². The van der Waals surface area contributed by atoms with Crippen LogP contribution in [0.25, 0.3) is 10.1 Å². The van der Waals surface area contributed by atoms with Crippen LogP contribution in [0.15, 0.2) is 23.6 Å². The van der Waals surface area contributed by atoms with E-state index >= 15 is 0 Å². The number of fused-ring (bicyclic) bond motifs is 1. The normalized spacial score (nSPS) is 11.5. The number of alkyl halides is 1. The van der Waals surface area contributed by atoms with E-state index in [0.717, 1.165) is 24.7 Å². The summed E-state index contributed by atoms with van der Waals surface area (Å²) in [5.74, 6) is 0.670. The van der Waals surface area contributed by atoms with E-state index in [1.54, 1.807) is 11.3 Å². The standard InChI is InChI=1S/C13H15Cl2NS/c1-2-16(7-6-14)8-10-9-17-12-5-3-4-11(15)13(10)12/h3-5,9H,2,6-8H2,1H3. The summed E-state index contributed by atoms with van der Waals surface area (Å²) < 4.78 is 1.26. The van der Waals surface area contributed by atoms with Gasteiger partial charge in [-0.2, -0.15) is 0 Å². The van der Waals surface area contributed by atoms with Crippen molar-refractivity contribution in [3.05, 3.63) is 34.2 Å². The molecule has 0 N–H and O–H groups in total. The number of nitrogens with zero attached hydrogens (tertiary/aromatic N) is 1. The SMILES string of the molecule is CCN(CCCl)Cc1csc2cccc(Cl)c12. The Morgan fingerprint density at radius 1 is 1.35 bits per heavy atom. The van der Waals surface area contributed by atoms with Gasteiger partial charge in [-0.25, -0.2) is 0 Å². The Balaban J connectivity index is 2.29. The zero-order chi connectivity index (χ0) is 12.3. The summed E-state index contributed by atoms with van der Waals surface area (Å²) >= 11 is 13.8. The maximum atomic E-state index is 6.27. The van der Waals surface area contributed by atoms with E-state index in [0.29, 0.717) is 5.88 Å². The molecule has 92 valence electrons. The number of hydrogen-bond donors (Lipinski definition) is 0. The lowest BCUT2D eigenvalue weighted by Gasteiger charge is -2.18. The van der Waals surface area contributed by atoms with Crippen LogP contribution in [0.5, 0.6) is 0 Å². The van der Waals surface area contributed by atoms with Crippen LogP contribution < -0.4 is 0 Å². The zero-order valence-electron chi connectivity index (χ0n) is 9.75. The molecule has 0 aliphatic carbocycles. The zero-order valence-corrected chi connectivity index (χ0v) is 12.1. The van der Waals surface area contributed by atoms with Crippen molar-refractivity contribution in [2.24, 2.45) is 0 Å². The molecule has 0 amide bonds. The lowest BCUT2D eigenvalue weighted by Crippen LogP contribution is -2.24. The monoisotopic (exact) mass is 287 g/mol. The summed E-state index contributed by atoms with van der Waals surface area (Å²) in [5, 5.41) is 4.25. The van der Waals surface area contributed by atoms with Crippen molar-refractivity contribution in [3.8, 4) is 0 Å². The molecule has 0 radical (unpaired) electrons. The van der Waals surface area contributed by atoms with Gasteiger partial charge in [0.05, 0.1) is 0 Å². The van der Waals surface area contributed by atoms with Crippen LogP contribution in [0.1, 0.15) is 12.5 Å². The number of hydrogen-bond acceptors (Lipinski definition) is 2. The minimum absolute atomic E-state index is 0.670. The Labute approximate surface area is 116 Å². The third kappa shape index (κ3) is 2.94. The Hall–Kier alpha value is -0.280. The van der Waals surface area contributed by atoms with Crippen LogP contribution in [0.4, 0.5) is 0 Å². The van der Waals surface area contributed by atoms with Gasteiger partial charge in [0, 0.05) is 34.1 Å². The Kier molecular flexibility index (Phi) is 4.69. The third-order valence-corrected chi connectivity index (χ3v) is 4.35. The van der Waals surface area contributed by atoms with Gasteiger partial charge in [0.25, 0.3) is 0 Å². The first-order chi connectivity index (χ1) is 8.26. The van der Waals surface area contributed by atoms with Gasteiger partial charge < -0.3 is 0 Å². The molecule has 2 rings (SSSR count). The van der Waals surface area contributed by atoms with E-state index < -0.39 is 0 Å². The van der Waals surface area contributed by atoms with Crippen LogP contribution in [0.3, 0.4) is 0 Å². The fraction of sp³-hybridized carbons (Fsp3) is 0.385. The fourth-order valence-corrected chi connectivity index (χ4v) is 3.50. The lowest BCUT2D eigenvalue weighted by atomic mass is 10.1. The maximum absolute atomic E-state index is 6.27. The molecule has 0 aliphatic rings. The fourth-order valence-electron chi connectivity index (χ4n) is 1.93. The largest absolute Gasteiger partial charge is 0.298 e. The molecule has 1 aromatic carbocycles. The first-order valence-corrected chi connectivity index (χ1v) is 7.48. The smallest absolute Gasteiger partial charge is 0.0496 e. The maximum Gasteiger partial charge on any atom is 0.0496 e. The van der Waals surface area contributed by atoms with E-state index in [-0.39, 0.29) is 0 Å². The highest BCUT2D eigenvalue weighted by Crippen LogP contribution is 2.32. The van der Waals surface area contributed by atoms with Crippen molar-refractivity contribution in [2.45, 2.75) is 13.5 Å². The quantitative estimate of drug-likeness (QED) is 0.726. The van der Waals surface area contributed by atoms with Gasteiger partial charge >= 0.3 is 0 Å². The summed E-state index contributed by atoms with van der Waals surface area (Å²) in [5.41, 5.74) is 1.31. The average Bonchev–Trinajstić information content (AvgIpc) is 2.73. The second kappa shape index (κ2) is 6.05. The summed E-state index contributed by atoms with van der Waals surface area (Å²) in [6.45, 7) is 5.00. The summed E-state index contributed by atoms with van der Waals surface area (Å²) in [4.78, 5) is 2.33. The minimum Gasteiger partial charge on any atom is -0.298 e. The Morgan fingerprint density at radius 3 is 2.88 bits per heavy atom. The summed E-state index contributed by atoms with van der Waals surface area (Å²) in [7, 11) is 0. The van der Waals surface area contributed by atoms with Crippen LogP contribution in [0.2, 0.25) is 5.02 Å². The molecule has 0 saturated heterocycles. The van der Waals surface area contributed by atoms with Crippen molar-refractivity contribution in [3.63, 3.8) is 0 Å². The van der Waals surface area contributed by atoms with E-state index in [9.17, 15) is 0 Å². The van der Waals surface area contributed by atoms with Gasteiger partial charge in [-0.3, -0.25) is 4.90 Å². The van der Waals surface area contributed by atoms with Crippen molar-refractivity contribution in [2.75, 3.05) is 19.0 Å². The molecule has 2 aromatic rings. The second-order valence-corrected chi connectivity index (χ2v) is 5.63. The lowest BCUT2D eigenvalue weighted by molar-refractivity contribution is 0.299. The highest BCUT2D eigenvalue weighted by Gasteiger charge is 2.10. The van der Waals surface area contributed by atoms with Crippen LogP contribution in [0, 0.1) is 0 Å². The molecule has 0 aliphatic heterocycles. The molecule has 1 aromatic heterocycles. The molecule has 0 unspecified atom stereocenters. The number of halogens is 2. The highest BCUT2D eigenvalue weighted by atomic mass is 35.5. The van der Waals surface area contributed by atoms with E-state index in [1.165, 1.54) is 15.6 Å². The highest BCUT2D eigenvalue weighted by molar-refractivity contribution is 7.17. The van der Waals surface area contributed by atoms with Crippen molar-refractivity contribution < 1.29 is 0 Å². The van der Waals surface area contributed by atoms with Crippen molar-refractivity contribution in [1.82, 2.24) is 4.90 Å². The van der Waals surface area contributed by atoms with Gasteiger partial charge in [-0.1, -0.05) is 24.6 Å². The molecule has 0 bridgehead atoms. The van der Waals surface area contributed by atoms with Crippen molar-refractivity contribution >= 4 is 44.6 Å². The average molecular weight is 288 g/mol. The predicted octanol–water partition coefficient (Wildman–Crippen LogP) is 4.62. The molecule has 0 fully saturated rings. The Bertz CT molecular complexity index is 495. The van der Waals surface area contributed by atoms with Crippen LogP contribution in [-0.2, 0) is 6.54 Å². The topological polar surface area (TPSA) is 3.24 Å². The van der Waals surface area contributed by atoms with Gasteiger partial charge in [0.15, 0.2) is 0 Å². The van der Waals surface area contributed by atoms with Gasteiger partial charge in [0.2, 0.25) is 0 Å². The number of rotatable bonds is 5. The third-order valence-electron chi connectivity index (χ3n) is 2.87. The van der Waals surface area contributed by atoms with Crippen LogP contribution >= 0.6 is 34.5 Å².